The van der Waals surface area contributed by atoms with Gasteiger partial charge in [-0.1, -0.05) is 57.8 Å². The summed E-state index contributed by atoms with van der Waals surface area (Å²) in [5, 5.41) is 0. The van der Waals surface area contributed by atoms with Gasteiger partial charge < -0.3 is 0 Å². The van der Waals surface area contributed by atoms with Crippen molar-refractivity contribution < 1.29 is 0 Å². The highest BCUT2D eigenvalue weighted by atomic mass is 28.3. The minimum atomic E-state index is -0.791. The largest absolute Gasteiger partial charge is 0.0695 e. The summed E-state index contributed by atoms with van der Waals surface area (Å²) in [5.74, 6) is 1.90. The van der Waals surface area contributed by atoms with E-state index >= 15 is 0 Å². The summed E-state index contributed by atoms with van der Waals surface area (Å²) in [6, 6.07) is 1.52. The first kappa shape index (κ1) is 12.3. The van der Waals surface area contributed by atoms with E-state index in [0.29, 0.717) is 0 Å². The summed E-state index contributed by atoms with van der Waals surface area (Å²) in [7, 11) is -0.791. The van der Waals surface area contributed by atoms with Crippen LogP contribution in [0.25, 0.3) is 0 Å². The summed E-state index contributed by atoms with van der Waals surface area (Å²) in [6.07, 6.45) is 11.8. The molecule has 1 radical (unpaired) electrons. The molecule has 0 aliphatic heterocycles. The topological polar surface area (TPSA) is 0 Å². The average Bonchev–Trinajstić information content (AvgIpc) is 2.00. The van der Waals surface area contributed by atoms with E-state index in [1.54, 1.807) is 0 Å². The monoisotopic (exact) mass is 211 g/mol. The van der Waals surface area contributed by atoms with Gasteiger partial charge in [0.05, 0.1) is 0 Å². The van der Waals surface area contributed by atoms with Crippen LogP contribution in [0.3, 0.4) is 0 Å². The van der Waals surface area contributed by atoms with Gasteiger partial charge in [0.2, 0.25) is 0 Å². The molecule has 1 heteroatoms. The van der Waals surface area contributed by atoms with E-state index in [2.05, 4.69) is 19.6 Å². The summed E-state index contributed by atoms with van der Waals surface area (Å²) >= 11 is 0. The van der Waals surface area contributed by atoms with E-state index in [-0.39, 0.29) is 0 Å². The van der Waals surface area contributed by atoms with Crippen LogP contribution in [-0.2, 0) is 0 Å². The highest BCUT2D eigenvalue weighted by Gasteiger charge is 2.17. The van der Waals surface area contributed by atoms with Gasteiger partial charge in [-0.2, -0.15) is 0 Å². The van der Waals surface area contributed by atoms with Gasteiger partial charge in [0, 0.05) is 8.07 Å². The fraction of sp³-hybridized carbons (Fsp3) is 0.923. The molecule has 0 unspecified atom stereocenters. The van der Waals surface area contributed by atoms with Gasteiger partial charge in [-0.15, -0.1) is 0 Å². The normalized spacial score (nSPS) is 21.6. The lowest BCUT2D eigenvalue weighted by atomic mass is 9.89. The van der Waals surface area contributed by atoms with Gasteiger partial charge >= 0.3 is 0 Å². The SMILES string of the molecule is C[Si](C)(C)CC[C]1CCCCCCC1. The Kier molecular flexibility index (Phi) is 5.22. The lowest BCUT2D eigenvalue weighted by Crippen LogP contribution is -2.20. The minimum absolute atomic E-state index is 0.791. The molecule has 0 atom stereocenters. The lowest BCUT2D eigenvalue weighted by molar-refractivity contribution is 0.511. The van der Waals surface area contributed by atoms with Crippen LogP contribution in [0.5, 0.6) is 0 Å². The molecular weight excluding hydrogens is 184 g/mol. The van der Waals surface area contributed by atoms with E-state index in [0.717, 1.165) is 0 Å². The van der Waals surface area contributed by atoms with Crippen LogP contribution in [0, 0.1) is 5.92 Å². The number of hydrogen-bond donors (Lipinski definition) is 0. The molecule has 1 aliphatic carbocycles. The van der Waals surface area contributed by atoms with Crippen LogP contribution in [-0.4, -0.2) is 8.07 Å². The molecule has 0 aromatic rings. The van der Waals surface area contributed by atoms with Crippen molar-refractivity contribution in [2.24, 2.45) is 0 Å². The maximum atomic E-state index is 2.50. The summed E-state index contributed by atoms with van der Waals surface area (Å²) < 4.78 is 0. The maximum absolute atomic E-state index is 2.50. The van der Waals surface area contributed by atoms with Crippen LogP contribution >= 0.6 is 0 Å². The molecule has 0 nitrogen and oxygen atoms in total. The lowest BCUT2D eigenvalue weighted by Gasteiger charge is -2.23. The highest BCUT2D eigenvalue weighted by Crippen LogP contribution is 2.29. The molecule has 0 bridgehead atoms. The molecule has 0 spiro atoms. The summed E-state index contributed by atoms with van der Waals surface area (Å²) in [6.45, 7) is 7.49. The third-order valence-electron chi connectivity index (χ3n) is 3.29. The molecule has 0 amide bonds. The zero-order valence-corrected chi connectivity index (χ0v) is 11.4. The molecule has 1 saturated carbocycles. The molecule has 0 N–H and O–H groups in total. The maximum Gasteiger partial charge on any atom is 0.0442 e. The van der Waals surface area contributed by atoms with Crippen molar-refractivity contribution in [2.75, 3.05) is 0 Å². The Bertz CT molecular complexity index is 138. The Morgan fingerprint density at radius 3 is 1.86 bits per heavy atom. The van der Waals surface area contributed by atoms with E-state index in [1.807, 2.05) is 5.92 Å². The van der Waals surface area contributed by atoms with Crippen LogP contribution in [0.1, 0.15) is 51.4 Å². The summed E-state index contributed by atoms with van der Waals surface area (Å²) in [5.41, 5.74) is 0. The standard InChI is InChI=1S/C13H27Si/c1-14(2,3)12-11-13-9-7-5-4-6-8-10-13/h4-12H2,1-3H3. The zero-order chi connectivity index (χ0) is 10.4. The molecule has 0 aromatic heterocycles. The van der Waals surface area contributed by atoms with Crippen molar-refractivity contribution in [2.45, 2.75) is 77.1 Å². The quantitative estimate of drug-likeness (QED) is 0.574. The van der Waals surface area contributed by atoms with Crippen LogP contribution < -0.4 is 0 Å². The van der Waals surface area contributed by atoms with E-state index in [1.165, 1.54) is 57.4 Å². The first-order chi connectivity index (χ1) is 6.58. The molecule has 0 saturated heterocycles. The third-order valence-corrected chi connectivity index (χ3v) is 5.04. The minimum Gasteiger partial charge on any atom is -0.0695 e. The Morgan fingerprint density at radius 2 is 1.36 bits per heavy atom. The van der Waals surface area contributed by atoms with E-state index in [9.17, 15) is 0 Å². The second-order valence-corrected chi connectivity index (χ2v) is 11.7. The van der Waals surface area contributed by atoms with E-state index in [4.69, 9.17) is 0 Å². The Balaban J connectivity index is 2.20. The average molecular weight is 211 g/mol. The molecule has 0 heterocycles. The van der Waals surface area contributed by atoms with Gasteiger partial charge in [0.25, 0.3) is 0 Å². The number of hydrogen-bond acceptors (Lipinski definition) is 0. The first-order valence-corrected chi connectivity index (χ1v) is 10.1. The molecule has 1 rings (SSSR count). The molecule has 14 heavy (non-hydrogen) atoms. The van der Waals surface area contributed by atoms with Gasteiger partial charge in [0.1, 0.15) is 0 Å². The molecule has 0 aromatic carbocycles. The van der Waals surface area contributed by atoms with Gasteiger partial charge in [0.15, 0.2) is 0 Å². The predicted molar refractivity (Wildman–Crippen MR) is 68.3 cm³/mol. The molecule has 83 valence electrons. The summed E-state index contributed by atoms with van der Waals surface area (Å²) in [4.78, 5) is 0. The van der Waals surface area contributed by atoms with Gasteiger partial charge in [-0.05, 0) is 25.2 Å². The van der Waals surface area contributed by atoms with Crippen molar-refractivity contribution in [3.8, 4) is 0 Å². The third kappa shape index (κ3) is 5.84. The Hall–Kier alpha value is 0.217. The molecular formula is C13H27Si. The first-order valence-electron chi connectivity index (χ1n) is 6.41. The molecule has 1 aliphatic rings. The van der Waals surface area contributed by atoms with Crippen LogP contribution in [0.15, 0.2) is 0 Å². The van der Waals surface area contributed by atoms with Crippen molar-refractivity contribution in [1.82, 2.24) is 0 Å². The van der Waals surface area contributed by atoms with Gasteiger partial charge in [-0.25, -0.2) is 0 Å². The second-order valence-electron chi connectivity index (χ2n) is 6.08. The Morgan fingerprint density at radius 1 is 0.857 bits per heavy atom. The van der Waals surface area contributed by atoms with Crippen molar-refractivity contribution in [1.29, 1.82) is 0 Å². The smallest absolute Gasteiger partial charge is 0.0442 e. The zero-order valence-electron chi connectivity index (χ0n) is 10.4. The van der Waals surface area contributed by atoms with Crippen LogP contribution in [0.2, 0.25) is 25.7 Å². The second kappa shape index (κ2) is 5.94. The number of rotatable bonds is 3. The predicted octanol–water partition coefficient (Wildman–Crippen LogP) is 5.03. The fourth-order valence-corrected chi connectivity index (χ4v) is 3.31. The van der Waals surface area contributed by atoms with Crippen molar-refractivity contribution in [3.63, 3.8) is 0 Å². The van der Waals surface area contributed by atoms with Crippen molar-refractivity contribution >= 4 is 8.07 Å². The highest BCUT2D eigenvalue weighted by molar-refractivity contribution is 6.76. The van der Waals surface area contributed by atoms with Gasteiger partial charge in [-0.3, -0.25) is 0 Å². The molecule has 1 fully saturated rings. The Labute approximate surface area is 91.5 Å². The fourth-order valence-electron chi connectivity index (χ4n) is 2.21. The van der Waals surface area contributed by atoms with Crippen molar-refractivity contribution in [3.05, 3.63) is 5.92 Å². The van der Waals surface area contributed by atoms with E-state index < -0.39 is 8.07 Å². The van der Waals surface area contributed by atoms with Crippen LogP contribution in [0.4, 0.5) is 0 Å².